The molecule has 1 heterocycles. The Morgan fingerprint density at radius 2 is 0.710 bits per heavy atom. The van der Waals surface area contributed by atoms with Crippen LogP contribution in [-0.2, 0) is 5.41 Å². The monoisotopic (exact) mass is 882 g/mol. The van der Waals surface area contributed by atoms with Gasteiger partial charge in [0.25, 0.3) is 0 Å². The smallest absolute Gasteiger partial charge is 0.113 e. The standard InChI is InChI=1S/C61H35B5N2S/c62-56-55(57(63)59(65)60(66)58(56)64)36-23-25-39(26-24-36)68(42-29-32-48-47-19-9-12-22-53(47)69-54(48)35-42)41-28-31-46-44-18-8-11-21-50(44)61(52(46)34-41)49-20-10-7-17-43(49)45-30-27-40(33-51(45)61)67(37-13-3-1-4-14-37)38-15-5-2-6-16-38/h1-35H. The average Bonchev–Trinajstić information content (AvgIpc) is 4.02. The van der Waals surface area contributed by atoms with E-state index in [1.807, 2.05) is 23.5 Å². The van der Waals surface area contributed by atoms with Crippen LogP contribution in [0, 0.1) is 0 Å². The van der Waals surface area contributed by atoms with Crippen LogP contribution in [0.25, 0.3) is 53.6 Å². The summed E-state index contributed by atoms with van der Waals surface area (Å²) in [6.07, 6.45) is 0. The first-order valence-corrected chi connectivity index (χ1v) is 23.8. The molecule has 0 saturated heterocycles. The molecular formula is C61H35B5N2S. The maximum absolute atomic E-state index is 6.60. The lowest BCUT2D eigenvalue weighted by atomic mass is 9.60. The molecule has 8 heteroatoms. The first-order chi connectivity index (χ1) is 33.8. The first-order valence-electron chi connectivity index (χ1n) is 23.0. The maximum Gasteiger partial charge on any atom is 0.113 e. The predicted molar refractivity (Wildman–Crippen MR) is 297 cm³/mol. The van der Waals surface area contributed by atoms with E-state index in [0.29, 0.717) is 16.5 Å². The molecule has 2 aliphatic carbocycles. The van der Waals surface area contributed by atoms with Crippen LogP contribution in [0.5, 0.6) is 0 Å². The van der Waals surface area contributed by atoms with E-state index in [0.717, 1.165) is 39.7 Å². The molecule has 69 heavy (non-hydrogen) atoms. The van der Waals surface area contributed by atoms with Gasteiger partial charge in [-0.3, -0.25) is 0 Å². The van der Waals surface area contributed by atoms with E-state index in [4.69, 9.17) is 39.2 Å². The van der Waals surface area contributed by atoms with Gasteiger partial charge in [-0.1, -0.05) is 144 Å². The minimum Gasteiger partial charge on any atom is -0.310 e. The second-order valence-corrected chi connectivity index (χ2v) is 19.0. The molecular weight excluding hydrogens is 847 g/mol. The van der Waals surface area contributed by atoms with Crippen LogP contribution in [0.4, 0.5) is 34.1 Å². The lowest BCUT2D eigenvalue weighted by Gasteiger charge is -2.33. The maximum atomic E-state index is 6.60. The number of benzene rings is 10. The van der Waals surface area contributed by atoms with Gasteiger partial charge in [0.15, 0.2) is 0 Å². The van der Waals surface area contributed by atoms with E-state index >= 15 is 0 Å². The summed E-state index contributed by atoms with van der Waals surface area (Å²) >= 11 is 1.81. The van der Waals surface area contributed by atoms with Crippen LogP contribution in [-0.4, -0.2) is 39.2 Å². The van der Waals surface area contributed by atoms with Gasteiger partial charge in [-0.25, -0.2) is 0 Å². The van der Waals surface area contributed by atoms with Crippen molar-refractivity contribution in [3.63, 3.8) is 0 Å². The summed E-state index contributed by atoms with van der Waals surface area (Å²) in [5.74, 6) is 0. The molecule has 2 nitrogen and oxygen atoms in total. The lowest BCUT2D eigenvalue weighted by Crippen LogP contribution is -2.55. The molecule has 13 rings (SSSR count). The number of hydrogen-bond acceptors (Lipinski definition) is 3. The highest BCUT2D eigenvalue weighted by Crippen LogP contribution is 2.64. The Labute approximate surface area is 413 Å². The lowest BCUT2D eigenvalue weighted by molar-refractivity contribution is 0.793. The number of thiophene rings is 1. The van der Waals surface area contributed by atoms with Gasteiger partial charge in [-0.05, 0) is 134 Å². The Morgan fingerprint density at radius 3 is 1.29 bits per heavy atom. The highest BCUT2D eigenvalue weighted by atomic mass is 32.1. The zero-order valence-electron chi connectivity index (χ0n) is 37.4. The van der Waals surface area contributed by atoms with Crippen LogP contribution in [0.1, 0.15) is 22.3 Å². The van der Waals surface area contributed by atoms with Crippen molar-refractivity contribution in [2.75, 3.05) is 9.80 Å². The molecule has 10 aromatic carbocycles. The summed E-state index contributed by atoms with van der Waals surface area (Å²) in [4.78, 5) is 4.71. The van der Waals surface area contributed by atoms with E-state index in [1.165, 1.54) is 64.7 Å². The molecule has 0 aliphatic heterocycles. The van der Waals surface area contributed by atoms with Gasteiger partial charge in [0.2, 0.25) is 0 Å². The van der Waals surface area contributed by atoms with Gasteiger partial charge < -0.3 is 9.80 Å². The molecule has 0 N–H and O–H groups in total. The Hall–Kier alpha value is -7.66. The molecule has 1 spiro atoms. The Bertz CT molecular complexity index is 3790. The summed E-state index contributed by atoms with van der Waals surface area (Å²) in [6.45, 7) is 0. The van der Waals surface area contributed by atoms with Crippen LogP contribution in [0.15, 0.2) is 212 Å². The van der Waals surface area contributed by atoms with Crippen LogP contribution in [0.2, 0.25) is 0 Å². The van der Waals surface area contributed by atoms with E-state index in [9.17, 15) is 0 Å². The average molecular weight is 882 g/mol. The molecule has 1 unspecified atom stereocenters. The molecule has 10 radical (unpaired) electrons. The van der Waals surface area contributed by atoms with Crippen LogP contribution >= 0.6 is 11.3 Å². The molecule has 0 fully saturated rings. The topological polar surface area (TPSA) is 6.48 Å². The quantitative estimate of drug-likeness (QED) is 0.147. The van der Waals surface area contributed by atoms with Crippen molar-refractivity contribution in [3.8, 4) is 33.4 Å². The fraction of sp³-hybridized carbons (Fsp3) is 0.0164. The summed E-state index contributed by atoms with van der Waals surface area (Å²) in [5.41, 5.74) is 18.2. The molecule has 1 atom stereocenters. The van der Waals surface area contributed by atoms with E-state index in [-0.39, 0.29) is 16.4 Å². The second kappa shape index (κ2) is 16.0. The van der Waals surface area contributed by atoms with Crippen LogP contribution < -0.4 is 37.1 Å². The van der Waals surface area contributed by atoms with Crippen molar-refractivity contribution < 1.29 is 0 Å². The number of anilines is 6. The number of rotatable bonds is 7. The van der Waals surface area contributed by atoms with E-state index in [1.54, 1.807) is 0 Å². The Balaban J connectivity index is 1.04. The summed E-state index contributed by atoms with van der Waals surface area (Å²) in [5, 5.41) is 2.49. The molecule has 0 amide bonds. The Morgan fingerprint density at radius 1 is 0.304 bits per heavy atom. The van der Waals surface area contributed by atoms with Gasteiger partial charge >= 0.3 is 0 Å². The van der Waals surface area contributed by atoms with Crippen molar-refractivity contribution in [2.24, 2.45) is 0 Å². The minimum absolute atomic E-state index is 0.193. The third-order valence-corrected chi connectivity index (χ3v) is 15.5. The molecule has 0 saturated carbocycles. The molecule has 0 bridgehead atoms. The van der Waals surface area contributed by atoms with Crippen LogP contribution in [0.3, 0.4) is 0 Å². The SMILES string of the molecule is [B]c1c([B])c([B])c(-c2ccc(N(c3ccc4c(c3)C3(c5ccccc5-c5ccc(N(c6ccccc6)c6ccccc6)cc53)c3ccccc3-4)c3ccc4c(c3)sc3ccccc34)cc2)c([B])c1[B]. The van der Waals surface area contributed by atoms with E-state index < -0.39 is 5.41 Å². The largest absolute Gasteiger partial charge is 0.310 e. The number of para-hydroxylation sites is 2. The minimum atomic E-state index is -0.627. The highest BCUT2D eigenvalue weighted by molar-refractivity contribution is 7.25. The second-order valence-electron chi connectivity index (χ2n) is 17.9. The van der Waals surface area contributed by atoms with Gasteiger partial charge in [0.1, 0.15) is 39.2 Å². The van der Waals surface area contributed by atoms with E-state index in [2.05, 4.69) is 210 Å². The number of fused-ring (bicyclic) bond motifs is 13. The third kappa shape index (κ3) is 6.18. The third-order valence-electron chi connectivity index (χ3n) is 14.3. The van der Waals surface area contributed by atoms with Gasteiger partial charge in [0, 0.05) is 54.3 Å². The van der Waals surface area contributed by atoms with Crippen molar-refractivity contribution in [1.29, 1.82) is 0 Å². The normalized spacial score (nSPS) is 14.1. The molecule has 1 aromatic heterocycles. The fourth-order valence-corrected chi connectivity index (χ4v) is 12.4. The Kier molecular flexibility index (Phi) is 9.61. The zero-order valence-corrected chi connectivity index (χ0v) is 38.2. The van der Waals surface area contributed by atoms with Crippen molar-refractivity contribution in [3.05, 3.63) is 235 Å². The molecule has 2 aliphatic rings. The highest BCUT2D eigenvalue weighted by Gasteiger charge is 2.52. The summed E-state index contributed by atoms with van der Waals surface area (Å²) in [7, 11) is 32.1. The summed E-state index contributed by atoms with van der Waals surface area (Å²) in [6, 6.07) is 77.0. The molecule has 11 aromatic rings. The van der Waals surface area contributed by atoms with Crippen molar-refractivity contribution in [2.45, 2.75) is 5.41 Å². The summed E-state index contributed by atoms with van der Waals surface area (Å²) < 4.78 is 2.47. The van der Waals surface area contributed by atoms with Crippen molar-refractivity contribution in [1.82, 2.24) is 0 Å². The fourth-order valence-electron chi connectivity index (χ4n) is 11.2. The predicted octanol–water partition coefficient (Wildman–Crippen LogP) is 11.0. The number of hydrogen-bond donors (Lipinski definition) is 0. The first kappa shape index (κ1) is 41.5. The van der Waals surface area contributed by atoms with Gasteiger partial charge in [-0.15, -0.1) is 27.7 Å². The number of nitrogens with zero attached hydrogens (tertiary/aromatic N) is 2. The van der Waals surface area contributed by atoms with Crippen molar-refractivity contribution >= 4 is 132 Å². The zero-order chi connectivity index (χ0) is 46.5. The molecule has 310 valence electrons. The van der Waals surface area contributed by atoms with Gasteiger partial charge in [0.05, 0.1) is 5.41 Å². The van der Waals surface area contributed by atoms with Gasteiger partial charge in [-0.2, -0.15) is 0 Å².